The minimum absolute atomic E-state index is 0.0289. The van der Waals surface area contributed by atoms with Crippen LogP contribution < -0.4 is 10.1 Å². The lowest BCUT2D eigenvalue weighted by molar-refractivity contribution is -0.0498. The third kappa shape index (κ3) is 4.41. The number of benzene rings is 2. The molecule has 0 saturated heterocycles. The maximum absolute atomic E-state index is 9.39. The van der Waals surface area contributed by atoms with Crippen LogP contribution in [0, 0.1) is 6.57 Å². The predicted octanol–water partition coefficient (Wildman–Crippen LogP) is 3.36. The molecule has 1 aliphatic carbocycles. The van der Waals surface area contributed by atoms with Gasteiger partial charge in [-0.3, -0.25) is 0 Å². The van der Waals surface area contributed by atoms with Crippen molar-refractivity contribution in [3.8, 4) is 5.75 Å². The Labute approximate surface area is 187 Å². The van der Waals surface area contributed by atoms with E-state index in [1.54, 1.807) is 12.1 Å². The van der Waals surface area contributed by atoms with Crippen molar-refractivity contribution in [2.75, 3.05) is 13.2 Å². The molecule has 0 aromatic heterocycles. The Morgan fingerprint density at radius 2 is 2.06 bits per heavy atom. The molecular weight excluding hydrogens is 410 g/mol. The molecule has 0 spiro atoms. The largest absolute Gasteiger partial charge is 0.502 e. The molecule has 8 nitrogen and oxygen atoms in total. The molecule has 1 aliphatic heterocycles. The lowest BCUT2D eigenvalue weighted by Gasteiger charge is -2.20. The molecule has 32 heavy (non-hydrogen) atoms. The van der Waals surface area contributed by atoms with Gasteiger partial charge in [-0.2, -0.15) is 0 Å². The summed E-state index contributed by atoms with van der Waals surface area (Å²) in [6.45, 7) is 11.0. The van der Waals surface area contributed by atoms with E-state index in [1.807, 2.05) is 38.1 Å². The third-order valence-electron chi connectivity index (χ3n) is 5.57. The van der Waals surface area contributed by atoms with Gasteiger partial charge in [0.25, 0.3) is 12.2 Å². The van der Waals surface area contributed by atoms with Gasteiger partial charge in [0.1, 0.15) is 5.75 Å². The first kappa shape index (κ1) is 22.1. The van der Waals surface area contributed by atoms with E-state index in [0.717, 1.165) is 29.5 Å². The molecule has 0 saturated carbocycles. The second-order valence-corrected chi connectivity index (χ2v) is 8.15. The molecule has 0 radical (unpaired) electrons. The van der Waals surface area contributed by atoms with Gasteiger partial charge in [-0.1, -0.05) is 18.2 Å². The van der Waals surface area contributed by atoms with E-state index < -0.39 is 6.29 Å². The summed E-state index contributed by atoms with van der Waals surface area (Å²) in [6, 6.07) is 10.9. The van der Waals surface area contributed by atoms with Gasteiger partial charge in [0.2, 0.25) is 5.69 Å². The Balaban J connectivity index is 1.51. The number of ether oxygens (including phenoxy) is 2. The number of aliphatic hydroxyl groups is 2. The second-order valence-electron chi connectivity index (χ2n) is 8.15. The summed E-state index contributed by atoms with van der Waals surface area (Å²) in [7, 11) is 0. The topological polar surface area (TPSA) is 96.9 Å². The summed E-state index contributed by atoms with van der Waals surface area (Å²) in [5.74, 6) is 0.932. The molecule has 2 aromatic rings. The average Bonchev–Trinajstić information content (AvgIpc) is 3.45. The van der Waals surface area contributed by atoms with Gasteiger partial charge >= 0.3 is 0 Å². The van der Waals surface area contributed by atoms with Gasteiger partial charge in [-0.25, -0.2) is 4.85 Å². The SMILES string of the molecule is [C-]#[N+]c1cc(C2ON=C(c3cccc4c3CCC4NC(CO)CO)O2)ccc1OC(C)C. The van der Waals surface area contributed by atoms with Gasteiger partial charge in [-0.15, -0.1) is 0 Å². The van der Waals surface area contributed by atoms with Gasteiger partial charge in [0.15, 0.2) is 0 Å². The van der Waals surface area contributed by atoms with Crippen molar-refractivity contribution >= 4 is 11.6 Å². The van der Waals surface area contributed by atoms with E-state index in [0.29, 0.717) is 22.9 Å². The molecule has 0 bridgehead atoms. The van der Waals surface area contributed by atoms with Gasteiger partial charge in [-0.05, 0) is 61.2 Å². The Morgan fingerprint density at radius 1 is 1.25 bits per heavy atom. The summed E-state index contributed by atoms with van der Waals surface area (Å²) in [5.41, 5.74) is 4.17. The van der Waals surface area contributed by atoms with E-state index in [2.05, 4.69) is 15.3 Å². The fourth-order valence-corrected chi connectivity index (χ4v) is 4.08. The Bertz CT molecular complexity index is 1040. The van der Waals surface area contributed by atoms with Crippen molar-refractivity contribution in [2.45, 2.75) is 51.2 Å². The van der Waals surface area contributed by atoms with Gasteiger partial charge in [0, 0.05) is 17.2 Å². The summed E-state index contributed by atoms with van der Waals surface area (Å²) in [4.78, 5) is 9.11. The normalized spacial score (nSPS) is 19.3. The Kier molecular flexibility index (Phi) is 6.61. The molecule has 8 heteroatoms. The molecule has 2 atom stereocenters. The zero-order chi connectivity index (χ0) is 22.7. The summed E-state index contributed by atoms with van der Waals surface area (Å²) in [6.07, 6.45) is 0.909. The molecule has 168 valence electrons. The molecule has 0 fully saturated rings. The number of hydrogen-bond donors (Lipinski definition) is 3. The van der Waals surface area contributed by atoms with Crippen LogP contribution in [-0.2, 0) is 16.0 Å². The molecule has 1 heterocycles. The van der Waals surface area contributed by atoms with Crippen molar-refractivity contribution in [3.63, 3.8) is 0 Å². The van der Waals surface area contributed by atoms with E-state index in [4.69, 9.17) is 20.9 Å². The first-order valence-electron chi connectivity index (χ1n) is 10.7. The lowest BCUT2D eigenvalue weighted by Crippen LogP contribution is -2.37. The van der Waals surface area contributed by atoms with Crippen molar-refractivity contribution in [2.24, 2.45) is 5.16 Å². The van der Waals surface area contributed by atoms with Crippen molar-refractivity contribution in [3.05, 3.63) is 70.1 Å². The van der Waals surface area contributed by atoms with Crippen LogP contribution in [0.1, 0.15) is 54.9 Å². The van der Waals surface area contributed by atoms with Crippen molar-refractivity contribution in [1.82, 2.24) is 5.32 Å². The molecular formula is C24H27N3O5. The second kappa shape index (κ2) is 9.57. The number of nitrogens with zero attached hydrogens (tertiary/aromatic N) is 2. The van der Waals surface area contributed by atoms with Crippen LogP contribution in [-0.4, -0.2) is 41.5 Å². The minimum Gasteiger partial charge on any atom is -0.502 e. The van der Waals surface area contributed by atoms with Crippen molar-refractivity contribution < 1.29 is 24.5 Å². The summed E-state index contributed by atoms with van der Waals surface area (Å²) in [5, 5.41) is 26.3. The fraction of sp³-hybridized carbons (Fsp3) is 0.417. The maximum Gasteiger partial charge on any atom is 0.292 e. The number of nitrogens with one attached hydrogen (secondary N) is 1. The van der Waals surface area contributed by atoms with E-state index in [9.17, 15) is 10.2 Å². The average molecular weight is 437 g/mol. The highest BCUT2D eigenvalue weighted by molar-refractivity contribution is 5.96. The van der Waals surface area contributed by atoms with E-state index in [1.165, 1.54) is 0 Å². The molecule has 3 N–H and O–H groups in total. The van der Waals surface area contributed by atoms with Crippen molar-refractivity contribution in [1.29, 1.82) is 0 Å². The Hall–Kier alpha value is -3.12. The minimum atomic E-state index is -0.738. The monoisotopic (exact) mass is 437 g/mol. The number of oxime groups is 1. The zero-order valence-electron chi connectivity index (χ0n) is 18.1. The first-order valence-corrected chi connectivity index (χ1v) is 10.7. The highest BCUT2D eigenvalue weighted by Gasteiger charge is 2.32. The van der Waals surface area contributed by atoms with Crippen LogP contribution in [0.3, 0.4) is 0 Å². The number of fused-ring (bicyclic) bond motifs is 1. The van der Waals surface area contributed by atoms with Crippen LogP contribution in [0.5, 0.6) is 5.75 Å². The van der Waals surface area contributed by atoms with Crippen LogP contribution >= 0.6 is 0 Å². The predicted molar refractivity (Wildman–Crippen MR) is 119 cm³/mol. The third-order valence-corrected chi connectivity index (χ3v) is 5.57. The standard InChI is InChI=1S/C24H27N3O5/c1-14(2)30-22-10-7-15(11-21(22)25-3)24-31-23(27-32-24)19-6-4-5-18-17(19)8-9-20(18)26-16(12-28)13-29/h4-7,10-11,14,16,20,24,26,28-29H,8-9,12-13H2,1-2H3. The quantitative estimate of drug-likeness (QED) is 0.548. The number of hydrogen-bond acceptors (Lipinski definition) is 7. The summed E-state index contributed by atoms with van der Waals surface area (Å²) < 4.78 is 11.7. The van der Waals surface area contributed by atoms with Crippen LogP contribution in [0.15, 0.2) is 41.6 Å². The number of aliphatic hydroxyl groups excluding tert-OH is 2. The highest BCUT2D eigenvalue weighted by atomic mass is 16.8. The molecule has 2 unspecified atom stereocenters. The van der Waals surface area contributed by atoms with Crippen LogP contribution in [0.4, 0.5) is 5.69 Å². The van der Waals surface area contributed by atoms with Gasteiger partial charge < -0.3 is 29.8 Å². The maximum atomic E-state index is 9.39. The molecule has 4 rings (SSSR count). The molecule has 2 aliphatic rings. The highest BCUT2D eigenvalue weighted by Crippen LogP contribution is 2.38. The Morgan fingerprint density at radius 3 is 2.78 bits per heavy atom. The smallest absolute Gasteiger partial charge is 0.292 e. The zero-order valence-corrected chi connectivity index (χ0v) is 18.1. The lowest BCUT2D eigenvalue weighted by atomic mass is 10.0. The summed E-state index contributed by atoms with van der Waals surface area (Å²) >= 11 is 0. The molecule has 2 aromatic carbocycles. The number of rotatable bonds is 8. The molecule has 0 amide bonds. The van der Waals surface area contributed by atoms with E-state index >= 15 is 0 Å². The van der Waals surface area contributed by atoms with Crippen LogP contribution in [0.2, 0.25) is 0 Å². The fourth-order valence-electron chi connectivity index (χ4n) is 4.08. The van der Waals surface area contributed by atoms with E-state index in [-0.39, 0.29) is 31.4 Å². The van der Waals surface area contributed by atoms with Crippen LogP contribution in [0.25, 0.3) is 4.85 Å². The van der Waals surface area contributed by atoms with Gasteiger partial charge in [0.05, 0.1) is 31.9 Å². The first-order chi connectivity index (χ1) is 15.5.